The molecule has 3 aromatic rings. The molecule has 7 rings (SSSR count). The molecule has 6 atom stereocenters. The monoisotopic (exact) mass is 603 g/mol. The molecule has 1 saturated heterocycles. The molecule has 3 aliphatic carbocycles. The van der Waals surface area contributed by atoms with Gasteiger partial charge in [-0.1, -0.05) is 84.4 Å². The van der Waals surface area contributed by atoms with E-state index in [4.69, 9.17) is 0 Å². The molecule has 2 amide bonds. The van der Waals surface area contributed by atoms with Gasteiger partial charge in [0.2, 0.25) is 11.8 Å². The first kappa shape index (κ1) is 29.1. The summed E-state index contributed by atoms with van der Waals surface area (Å²) in [5.74, 6) is -6.38. The fourth-order valence-electron chi connectivity index (χ4n) is 8.64. The molecule has 4 aliphatic rings. The number of ketones is 2. The second-order valence-electron chi connectivity index (χ2n) is 13.6. The van der Waals surface area contributed by atoms with Crippen LogP contribution in [0.15, 0.2) is 96.6 Å². The van der Waals surface area contributed by atoms with Gasteiger partial charge in [-0.05, 0) is 62.8 Å². The van der Waals surface area contributed by atoms with E-state index in [-0.39, 0.29) is 47.4 Å². The number of nitrogens with zero attached hydrogens (tertiary/aromatic N) is 1. The molecule has 3 aromatic carbocycles. The Labute approximate surface area is 261 Å². The number of Topliss-reactive ketones (excluding diaryl/α,β-unsaturated/α-hetero) is 1. The Bertz CT molecular complexity index is 1820. The van der Waals surface area contributed by atoms with Crippen LogP contribution in [0.5, 0.6) is 5.75 Å². The molecule has 1 N–H and O–H groups in total. The summed E-state index contributed by atoms with van der Waals surface area (Å²) >= 11 is 0. The second kappa shape index (κ2) is 10.2. The summed E-state index contributed by atoms with van der Waals surface area (Å²) in [5.41, 5.74) is 0.0748. The highest BCUT2D eigenvalue weighted by atomic mass is 19.1. The Morgan fingerprint density at radius 2 is 1.51 bits per heavy atom. The molecule has 2 fully saturated rings. The van der Waals surface area contributed by atoms with Crippen molar-refractivity contribution in [1.82, 2.24) is 4.90 Å². The van der Waals surface area contributed by atoms with Gasteiger partial charge in [0.15, 0.2) is 23.1 Å². The molecule has 0 radical (unpaired) electrons. The Hall–Kier alpha value is -4.65. The van der Waals surface area contributed by atoms with Crippen LogP contribution in [0.4, 0.5) is 4.39 Å². The van der Waals surface area contributed by atoms with Crippen LogP contribution < -0.4 is 0 Å². The molecule has 1 aliphatic heterocycles. The zero-order valence-corrected chi connectivity index (χ0v) is 25.4. The summed E-state index contributed by atoms with van der Waals surface area (Å²) in [4.78, 5) is 58.9. The van der Waals surface area contributed by atoms with Crippen molar-refractivity contribution in [3.63, 3.8) is 0 Å². The molecule has 0 bridgehead atoms. The average molecular weight is 604 g/mol. The number of phenolic OH excluding ortho intramolecular Hbond substituents is 1. The lowest BCUT2D eigenvalue weighted by Crippen LogP contribution is -2.59. The number of aromatic hydroxyl groups is 1. The fraction of sp³-hybridized carbons (Fsp3) is 0.316. The SMILES string of the molecule is CC(C)(C)N1C(=O)[C@H]2[C@H](CC=C3[C@H]2C[C@H]2C(=O)C(c4ccccc4)=CC(=O)[C@@]2(c2ccccc2)[C@H]3c2cccc(F)c2O)C1=O. The normalized spacial score (nSPS) is 29.5. The number of hydrogen-bond donors (Lipinski definition) is 1. The highest BCUT2D eigenvalue weighted by Crippen LogP contribution is 2.64. The smallest absolute Gasteiger partial charge is 0.234 e. The third-order valence-electron chi connectivity index (χ3n) is 10.4. The van der Waals surface area contributed by atoms with Gasteiger partial charge in [-0.25, -0.2) is 4.39 Å². The lowest BCUT2D eigenvalue weighted by molar-refractivity contribution is -0.145. The van der Waals surface area contributed by atoms with Crippen LogP contribution >= 0.6 is 0 Å². The summed E-state index contributed by atoms with van der Waals surface area (Å²) in [6.07, 6.45) is 3.74. The van der Waals surface area contributed by atoms with E-state index in [2.05, 4.69) is 0 Å². The van der Waals surface area contributed by atoms with E-state index >= 15 is 4.39 Å². The molecule has 0 unspecified atom stereocenters. The fourth-order valence-corrected chi connectivity index (χ4v) is 8.64. The van der Waals surface area contributed by atoms with Crippen molar-refractivity contribution in [2.24, 2.45) is 23.7 Å². The van der Waals surface area contributed by atoms with E-state index in [0.29, 0.717) is 16.7 Å². The molecule has 228 valence electrons. The van der Waals surface area contributed by atoms with Crippen molar-refractivity contribution in [2.45, 2.75) is 50.5 Å². The summed E-state index contributed by atoms with van der Waals surface area (Å²) in [7, 11) is 0. The molecule has 45 heavy (non-hydrogen) atoms. The first-order valence-electron chi connectivity index (χ1n) is 15.4. The first-order valence-corrected chi connectivity index (χ1v) is 15.4. The Morgan fingerprint density at radius 1 is 0.844 bits per heavy atom. The third-order valence-corrected chi connectivity index (χ3v) is 10.4. The van der Waals surface area contributed by atoms with Crippen molar-refractivity contribution in [1.29, 1.82) is 0 Å². The predicted octanol–water partition coefficient (Wildman–Crippen LogP) is 6.15. The van der Waals surface area contributed by atoms with E-state index in [1.54, 1.807) is 54.6 Å². The summed E-state index contributed by atoms with van der Waals surface area (Å²) in [5, 5.41) is 11.3. The molecular formula is C38H34FNO5. The summed E-state index contributed by atoms with van der Waals surface area (Å²) < 4.78 is 15.1. The number of rotatable bonds is 3. The zero-order chi connectivity index (χ0) is 31.8. The van der Waals surface area contributed by atoms with Crippen LogP contribution in [0.1, 0.15) is 56.2 Å². The van der Waals surface area contributed by atoms with Crippen LogP contribution in [0.3, 0.4) is 0 Å². The number of para-hydroxylation sites is 1. The Balaban J connectivity index is 1.52. The maximum Gasteiger partial charge on any atom is 0.234 e. The van der Waals surface area contributed by atoms with Crippen LogP contribution in [-0.4, -0.2) is 38.9 Å². The number of hydrogen-bond acceptors (Lipinski definition) is 5. The number of allylic oxidation sites excluding steroid dienone is 4. The second-order valence-corrected chi connectivity index (χ2v) is 13.6. The molecular weight excluding hydrogens is 569 g/mol. The molecule has 7 heteroatoms. The van der Waals surface area contributed by atoms with Gasteiger partial charge in [0.1, 0.15) is 0 Å². The minimum Gasteiger partial charge on any atom is -0.505 e. The van der Waals surface area contributed by atoms with Gasteiger partial charge >= 0.3 is 0 Å². The number of likely N-dealkylation sites (tertiary alicyclic amines) is 1. The van der Waals surface area contributed by atoms with Crippen LogP contribution in [0.2, 0.25) is 0 Å². The van der Waals surface area contributed by atoms with Crippen molar-refractivity contribution in [3.05, 3.63) is 119 Å². The van der Waals surface area contributed by atoms with Gasteiger partial charge in [0.05, 0.1) is 17.3 Å². The van der Waals surface area contributed by atoms with E-state index in [1.807, 2.05) is 39.0 Å². The largest absolute Gasteiger partial charge is 0.505 e. The Morgan fingerprint density at radius 3 is 2.18 bits per heavy atom. The molecule has 0 spiro atoms. The number of imide groups is 1. The van der Waals surface area contributed by atoms with Crippen LogP contribution in [0, 0.1) is 29.5 Å². The Kier molecular flexibility index (Phi) is 6.59. The predicted molar refractivity (Wildman–Crippen MR) is 166 cm³/mol. The average Bonchev–Trinajstić information content (AvgIpc) is 3.30. The summed E-state index contributed by atoms with van der Waals surface area (Å²) in [6, 6.07) is 22.3. The van der Waals surface area contributed by atoms with E-state index < -0.39 is 52.1 Å². The van der Waals surface area contributed by atoms with Crippen molar-refractivity contribution >= 4 is 29.0 Å². The zero-order valence-electron chi connectivity index (χ0n) is 25.4. The van der Waals surface area contributed by atoms with Crippen molar-refractivity contribution in [2.75, 3.05) is 0 Å². The minimum absolute atomic E-state index is 0.153. The number of halogens is 1. The summed E-state index contributed by atoms with van der Waals surface area (Å²) in [6.45, 7) is 5.47. The van der Waals surface area contributed by atoms with Gasteiger partial charge in [-0.2, -0.15) is 0 Å². The topological polar surface area (TPSA) is 91.8 Å². The van der Waals surface area contributed by atoms with Crippen molar-refractivity contribution in [3.8, 4) is 5.75 Å². The molecule has 1 heterocycles. The molecule has 1 saturated carbocycles. The van der Waals surface area contributed by atoms with E-state index in [1.165, 1.54) is 17.0 Å². The van der Waals surface area contributed by atoms with E-state index in [0.717, 1.165) is 6.07 Å². The highest BCUT2D eigenvalue weighted by molar-refractivity contribution is 6.31. The lowest BCUT2D eigenvalue weighted by Gasteiger charge is -2.55. The van der Waals surface area contributed by atoms with Gasteiger partial charge < -0.3 is 5.11 Å². The number of phenols is 1. The third kappa shape index (κ3) is 4.06. The maximum absolute atomic E-state index is 15.1. The lowest BCUT2D eigenvalue weighted by atomic mass is 9.44. The van der Waals surface area contributed by atoms with Crippen LogP contribution in [-0.2, 0) is 24.6 Å². The van der Waals surface area contributed by atoms with Gasteiger partial charge in [0.25, 0.3) is 0 Å². The molecule has 6 nitrogen and oxygen atoms in total. The quantitative estimate of drug-likeness (QED) is 0.286. The first-order chi connectivity index (χ1) is 21.5. The number of amides is 2. The minimum atomic E-state index is -1.52. The van der Waals surface area contributed by atoms with Gasteiger partial charge in [-0.3, -0.25) is 24.1 Å². The number of carbonyl (C=O) groups excluding carboxylic acids is 4. The van der Waals surface area contributed by atoms with Gasteiger partial charge in [-0.15, -0.1) is 0 Å². The molecule has 0 aromatic heterocycles. The van der Waals surface area contributed by atoms with E-state index in [9.17, 15) is 24.3 Å². The van der Waals surface area contributed by atoms with Gasteiger partial charge in [0, 0.05) is 28.5 Å². The number of carbonyl (C=O) groups is 4. The highest BCUT2D eigenvalue weighted by Gasteiger charge is 2.66. The van der Waals surface area contributed by atoms with Crippen molar-refractivity contribution < 1.29 is 28.7 Å². The standard InChI is InChI=1S/C38H34FNO5/c1-37(2,3)40-35(44)24-18-17-23-27(31(24)36(40)45)19-28-33(42)26(21-11-6-4-7-12-21)20-30(41)38(28,22-13-8-5-9-14-22)32(23)25-15-10-16-29(39)34(25)43/h4-17,20,24,27-28,31-32,43H,18-19H2,1-3H3/t24-,27+,28-,31-,32+,38-/m0/s1. The maximum atomic E-state index is 15.1. The van der Waals surface area contributed by atoms with Crippen LogP contribution in [0.25, 0.3) is 5.57 Å². The number of fused-ring (bicyclic) bond motifs is 4. The number of benzene rings is 3.